The third-order valence-electron chi connectivity index (χ3n) is 2.50. The van der Waals surface area contributed by atoms with E-state index in [9.17, 15) is 14.7 Å². The van der Waals surface area contributed by atoms with Crippen LogP contribution in [0.3, 0.4) is 0 Å². The Hall–Kier alpha value is -1.39. The van der Waals surface area contributed by atoms with Gasteiger partial charge in [0.1, 0.15) is 0 Å². The molecule has 0 aliphatic heterocycles. The van der Waals surface area contributed by atoms with Gasteiger partial charge in [0.2, 0.25) is 0 Å². The first-order chi connectivity index (χ1) is 7.97. The lowest BCUT2D eigenvalue weighted by Gasteiger charge is -2.14. The summed E-state index contributed by atoms with van der Waals surface area (Å²) in [5, 5.41) is 18.3. The molecule has 0 saturated heterocycles. The first-order valence-electron chi connectivity index (χ1n) is 5.04. The number of hydrogen-bond acceptors (Lipinski definition) is 3. The molecule has 0 fully saturated rings. The highest BCUT2D eigenvalue weighted by Gasteiger charge is 2.21. The van der Waals surface area contributed by atoms with E-state index >= 15 is 0 Å². The molecule has 1 unspecified atom stereocenters. The van der Waals surface area contributed by atoms with Gasteiger partial charge in [-0.25, -0.2) is 4.79 Å². The third kappa shape index (κ3) is 3.28. The maximum absolute atomic E-state index is 11.3. The summed E-state index contributed by atoms with van der Waals surface area (Å²) in [6.07, 6.45) is -1.58. The van der Waals surface area contributed by atoms with Gasteiger partial charge >= 0.3 is 5.97 Å². The molecule has 1 rings (SSSR count). The lowest BCUT2D eigenvalue weighted by molar-refractivity contribution is -0.147. The molecule has 1 atom stereocenters. The van der Waals surface area contributed by atoms with Crippen LogP contribution in [0.5, 0.6) is 0 Å². The van der Waals surface area contributed by atoms with Gasteiger partial charge in [-0.1, -0.05) is 18.2 Å². The van der Waals surface area contributed by atoms with Crippen molar-refractivity contribution in [2.75, 3.05) is 5.88 Å². The third-order valence-corrected chi connectivity index (χ3v) is 2.80. The van der Waals surface area contributed by atoms with Crippen LogP contribution < -0.4 is 0 Å². The van der Waals surface area contributed by atoms with Gasteiger partial charge in [0.25, 0.3) is 0 Å². The van der Waals surface area contributed by atoms with Crippen molar-refractivity contribution >= 4 is 23.4 Å². The molecule has 92 valence electrons. The normalized spacial score (nSPS) is 12.2. The predicted molar refractivity (Wildman–Crippen MR) is 63.2 cm³/mol. The number of aryl methyl sites for hydroxylation is 1. The molecular formula is C12H13ClO4. The fraction of sp³-hybridized carbons (Fsp3) is 0.333. The minimum Gasteiger partial charge on any atom is -0.479 e. The lowest BCUT2D eigenvalue weighted by atomic mass is 9.94. The number of carbonyl (C=O) groups excluding carboxylic acids is 1. The summed E-state index contributed by atoms with van der Waals surface area (Å²) in [7, 11) is 0. The summed E-state index contributed by atoms with van der Waals surface area (Å²) >= 11 is 5.42. The number of aliphatic carboxylic acids is 1. The van der Waals surface area contributed by atoms with Crippen LogP contribution in [-0.2, 0) is 16.0 Å². The molecule has 0 saturated carbocycles. The number of alkyl halides is 1. The van der Waals surface area contributed by atoms with Crippen molar-refractivity contribution in [3.63, 3.8) is 0 Å². The van der Waals surface area contributed by atoms with E-state index in [2.05, 4.69) is 0 Å². The number of hydrogen-bond donors (Lipinski definition) is 2. The molecule has 0 heterocycles. The van der Waals surface area contributed by atoms with E-state index in [4.69, 9.17) is 16.7 Å². The average molecular weight is 257 g/mol. The molecule has 1 aromatic carbocycles. The summed E-state index contributed by atoms with van der Waals surface area (Å²) in [6.45, 7) is 1.76. The van der Waals surface area contributed by atoms with Crippen LogP contribution in [-0.4, -0.2) is 27.8 Å². The quantitative estimate of drug-likeness (QED) is 0.783. The SMILES string of the molecule is Cc1cccc(C(O)C(=O)O)c1CC(=O)CCl. The molecule has 0 aliphatic carbocycles. The number of aliphatic hydroxyl groups is 1. The van der Waals surface area contributed by atoms with Crippen molar-refractivity contribution < 1.29 is 19.8 Å². The molecule has 5 heteroatoms. The monoisotopic (exact) mass is 256 g/mol. The molecule has 0 aliphatic rings. The number of halogens is 1. The van der Waals surface area contributed by atoms with Crippen LogP contribution in [0.1, 0.15) is 22.8 Å². The lowest BCUT2D eigenvalue weighted by Crippen LogP contribution is -2.16. The Kier molecular flexibility index (Phi) is 4.66. The minimum absolute atomic E-state index is 0.0375. The number of carbonyl (C=O) groups is 2. The highest BCUT2D eigenvalue weighted by Crippen LogP contribution is 2.22. The second kappa shape index (κ2) is 5.80. The van der Waals surface area contributed by atoms with Crippen LogP contribution in [0.4, 0.5) is 0 Å². The van der Waals surface area contributed by atoms with Gasteiger partial charge in [-0.15, -0.1) is 11.6 Å². The standard InChI is InChI=1S/C12H13ClO4/c1-7-3-2-4-9(11(15)12(16)17)10(7)5-8(14)6-13/h2-4,11,15H,5-6H2,1H3,(H,16,17). The zero-order chi connectivity index (χ0) is 13.0. The largest absolute Gasteiger partial charge is 0.479 e. The van der Waals surface area contributed by atoms with E-state index < -0.39 is 12.1 Å². The van der Waals surface area contributed by atoms with E-state index in [-0.39, 0.29) is 23.6 Å². The zero-order valence-corrected chi connectivity index (χ0v) is 10.1. The van der Waals surface area contributed by atoms with E-state index in [0.717, 1.165) is 5.56 Å². The summed E-state index contributed by atoms with van der Waals surface area (Å²) in [5.74, 6) is -1.67. The highest BCUT2D eigenvalue weighted by atomic mass is 35.5. The summed E-state index contributed by atoms with van der Waals surface area (Å²) in [5.41, 5.74) is 1.55. The average Bonchev–Trinajstić information content (AvgIpc) is 2.30. The fourth-order valence-corrected chi connectivity index (χ4v) is 1.69. The van der Waals surface area contributed by atoms with Crippen LogP contribution in [0.2, 0.25) is 0 Å². The highest BCUT2D eigenvalue weighted by molar-refractivity contribution is 6.27. The van der Waals surface area contributed by atoms with E-state index in [1.54, 1.807) is 19.1 Å². The summed E-state index contributed by atoms with van der Waals surface area (Å²) in [4.78, 5) is 22.1. The predicted octanol–water partition coefficient (Wildman–Crippen LogP) is 1.46. The van der Waals surface area contributed by atoms with Crippen LogP contribution in [0.15, 0.2) is 18.2 Å². The zero-order valence-electron chi connectivity index (χ0n) is 9.31. The maximum Gasteiger partial charge on any atom is 0.337 e. The fourth-order valence-electron chi connectivity index (χ4n) is 1.60. The Morgan fingerprint density at radius 2 is 2.06 bits per heavy atom. The van der Waals surface area contributed by atoms with Crippen LogP contribution >= 0.6 is 11.6 Å². The molecule has 0 radical (unpaired) electrons. The second-order valence-electron chi connectivity index (χ2n) is 3.73. The molecular weight excluding hydrogens is 244 g/mol. The smallest absolute Gasteiger partial charge is 0.337 e. The van der Waals surface area contributed by atoms with Gasteiger partial charge in [-0.2, -0.15) is 0 Å². The molecule has 0 amide bonds. The van der Waals surface area contributed by atoms with Crippen molar-refractivity contribution in [3.8, 4) is 0 Å². The Bertz CT molecular complexity index is 442. The molecule has 17 heavy (non-hydrogen) atoms. The topological polar surface area (TPSA) is 74.6 Å². The van der Waals surface area contributed by atoms with E-state index in [1.165, 1.54) is 6.07 Å². The molecule has 1 aromatic rings. The van der Waals surface area contributed by atoms with Crippen LogP contribution in [0.25, 0.3) is 0 Å². The first-order valence-corrected chi connectivity index (χ1v) is 5.57. The molecule has 2 N–H and O–H groups in total. The van der Waals surface area contributed by atoms with Gasteiger partial charge in [0.05, 0.1) is 5.88 Å². The number of benzene rings is 1. The molecule has 0 aromatic heterocycles. The number of aliphatic hydroxyl groups excluding tert-OH is 1. The first kappa shape index (κ1) is 13.7. The Morgan fingerprint density at radius 3 is 2.59 bits per heavy atom. The summed E-state index contributed by atoms with van der Waals surface area (Å²) in [6, 6.07) is 4.91. The molecule has 0 spiro atoms. The van der Waals surface area contributed by atoms with Gasteiger partial charge in [0, 0.05) is 6.42 Å². The number of carboxylic acid groups (broad SMARTS) is 1. The second-order valence-corrected chi connectivity index (χ2v) is 4.00. The van der Waals surface area contributed by atoms with Gasteiger partial charge in [-0.3, -0.25) is 4.79 Å². The number of carboxylic acids is 1. The Morgan fingerprint density at radius 1 is 1.41 bits per heavy atom. The van der Waals surface area contributed by atoms with Crippen molar-refractivity contribution in [3.05, 3.63) is 34.9 Å². The number of ketones is 1. The Labute approximate surface area is 104 Å². The molecule has 4 nitrogen and oxygen atoms in total. The number of Topliss-reactive ketones (excluding diaryl/α,β-unsaturated/α-hetero) is 1. The van der Waals surface area contributed by atoms with Gasteiger partial charge < -0.3 is 10.2 Å². The van der Waals surface area contributed by atoms with Crippen LogP contribution in [0, 0.1) is 6.92 Å². The van der Waals surface area contributed by atoms with E-state index in [1.807, 2.05) is 0 Å². The Balaban J connectivity index is 3.17. The van der Waals surface area contributed by atoms with Crippen molar-refractivity contribution in [1.29, 1.82) is 0 Å². The van der Waals surface area contributed by atoms with Gasteiger partial charge in [0.15, 0.2) is 11.9 Å². The van der Waals surface area contributed by atoms with E-state index in [0.29, 0.717) is 5.56 Å². The number of rotatable bonds is 5. The maximum atomic E-state index is 11.3. The van der Waals surface area contributed by atoms with Crippen molar-refractivity contribution in [2.45, 2.75) is 19.4 Å². The van der Waals surface area contributed by atoms with Gasteiger partial charge in [-0.05, 0) is 23.6 Å². The molecule has 0 bridgehead atoms. The van der Waals surface area contributed by atoms with Crippen molar-refractivity contribution in [2.24, 2.45) is 0 Å². The van der Waals surface area contributed by atoms with Crippen molar-refractivity contribution in [1.82, 2.24) is 0 Å². The minimum atomic E-state index is -1.62. The summed E-state index contributed by atoms with van der Waals surface area (Å²) < 4.78 is 0.